The topological polar surface area (TPSA) is 43.4 Å². The van der Waals surface area contributed by atoms with Gasteiger partial charge in [0.1, 0.15) is 6.10 Å². The summed E-state index contributed by atoms with van der Waals surface area (Å²) in [5, 5.41) is 0. The second-order valence-corrected chi connectivity index (χ2v) is 11.0. The number of allylic oxidation sites excluding steroid dienone is 1. The summed E-state index contributed by atoms with van der Waals surface area (Å²) in [5.74, 6) is 2.61. The Morgan fingerprint density at radius 3 is 2.62 bits per heavy atom. The number of ketones is 1. The van der Waals surface area contributed by atoms with Crippen LogP contribution in [0.3, 0.4) is 0 Å². The number of carbonyl (C=O) groups excluding carboxylic acids is 2. The molecule has 0 amide bonds. The van der Waals surface area contributed by atoms with Gasteiger partial charge in [-0.3, -0.25) is 9.59 Å². The minimum absolute atomic E-state index is 0.0957. The van der Waals surface area contributed by atoms with Crippen LogP contribution in [-0.2, 0) is 14.3 Å². The number of halogens is 1. The number of rotatable bonds is 1. The van der Waals surface area contributed by atoms with Crippen LogP contribution in [0.25, 0.3) is 0 Å². The van der Waals surface area contributed by atoms with Crippen LogP contribution in [0.1, 0.15) is 66.2 Å². The van der Waals surface area contributed by atoms with E-state index in [9.17, 15) is 9.59 Å². The molecule has 0 radical (unpaired) electrons. The molecule has 1 unspecified atom stereocenters. The number of hydrogen-bond donors (Lipinski definition) is 0. The third-order valence-corrected chi connectivity index (χ3v) is 10.5. The Balaban J connectivity index is 1.67. The van der Waals surface area contributed by atoms with Crippen LogP contribution in [0.2, 0.25) is 0 Å². The fourth-order valence-electron chi connectivity index (χ4n) is 7.27. The summed E-state index contributed by atoms with van der Waals surface area (Å²) in [6.45, 7) is 8.66. The maximum atomic E-state index is 12.4. The van der Waals surface area contributed by atoms with E-state index < -0.39 is 0 Å². The summed E-state index contributed by atoms with van der Waals surface area (Å²) in [6.07, 6.45) is 8.92. The van der Waals surface area contributed by atoms with E-state index in [1.165, 1.54) is 24.8 Å². The van der Waals surface area contributed by atoms with Gasteiger partial charge in [0.25, 0.3) is 0 Å². The minimum atomic E-state index is -0.132. The van der Waals surface area contributed by atoms with Gasteiger partial charge in [-0.05, 0) is 73.7 Å². The molecule has 0 bridgehead atoms. The fourth-order valence-corrected chi connectivity index (χ4v) is 8.20. The summed E-state index contributed by atoms with van der Waals surface area (Å²) in [5.41, 5.74) is 1.72. The average Bonchev–Trinajstić information content (AvgIpc) is 2.91. The van der Waals surface area contributed by atoms with Crippen molar-refractivity contribution in [3.63, 3.8) is 0 Å². The van der Waals surface area contributed by atoms with Crippen molar-refractivity contribution in [3.8, 4) is 0 Å². The van der Waals surface area contributed by atoms with Gasteiger partial charge in [-0.15, -0.1) is 0 Å². The molecule has 0 aromatic heterocycles. The van der Waals surface area contributed by atoms with Crippen molar-refractivity contribution < 1.29 is 14.3 Å². The lowest BCUT2D eigenvalue weighted by atomic mass is 9.45. The van der Waals surface area contributed by atoms with Gasteiger partial charge < -0.3 is 4.74 Å². The first kappa shape index (κ1) is 18.9. The third-order valence-electron chi connectivity index (χ3n) is 8.84. The molecule has 3 nitrogen and oxygen atoms in total. The Labute approximate surface area is 170 Å². The van der Waals surface area contributed by atoms with Crippen LogP contribution in [0.5, 0.6) is 0 Å². The van der Waals surface area contributed by atoms with Crippen molar-refractivity contribution in [3.05, 3.63) is 11.6 Å². The number of carbonyl (C=O) groups is 2. The lowest BCUT2D eigenvalue weighted by Gasteiger charge is -2.60. The highest BCUT2D eigenvalue weighted by molar-refractivity contribution is 14.1. The molecule has 4 aliphatic rings. The number of esters is 1. The highest BCUT2D eigenvalue weighted by Gasteiger charge is 2.61. The molecule has 4 aliphatic carbocycles. The zero-order valence-corrected chi connectivity index (χ0v) is 18.5. The molecule has 0 aromatic carbocycles. The van der Waals surface area contributed by atoms with Gasteiger partial charge in [-0.2, -0.15) is 0 Å². The van der Waals surface area contributed by atoms with Crippen molar-refractivity contribution in [1.82, 2.24) is 0 Å². The largest absolute Gasteiger partial charge is 0.462 e. The molecule has 0 heterocycles. The van der Waals surface area contributed by atoms with Gasteiger partial charge in [0, 0.05) is 12.3 Å². The zero-order valence-electron chi connectivity index (χ0n) is 16.4. The van der Waals surface area contributed by atoms with Gasteiger partial charge in [0.2, 0.25) is 0 Å². The molecule has 0 N–H and O–H groups in total. The lowest BCUT2D eigenvalue weighted by molar-refractivity contribution is -0.157. The average molecular weight is 470 g/mol. The molecular weight excluding hydrogens is 439 g/mol. The molecule has 0 aromatic rings. The van der Waals surface area contributed by atoms with E-state index >= 15 is 0 Å². The summed E-state index contributed by atoms with van der Waals surface area (Å²) < 4.78 is 5.85. The van der Waals surface area contributed by atoms with E-state index in [0.717, 1.165) is 19.3 Å². The second kappa shape index (κ2) is 6.31. The lowest BCUT2D eigenvalue weighted by Crippen LogP contribution is -2.55. The monoisotopic (exact) mass is 470 g/mol. The van der Waals surface area contributed by atoms with Crippen LogP contribution >= 0.6 is 22.6 Å². The molecule has 3 fully saturated rings. The highest BCUT2D eigenvalue weighted by Crippen LogP contribution is 2.66. The Morgan fingerprint density at radius 1 is 1.19 bits per heavy atom. The Hall–Kier alpha value is -0.390. The van der Waals surface area contributed by atoms with Gasteiger partial charge in [-0.1, -0.05) is 48.9 Å². The van der Waals surface area contributed by atoms with E-state index in [-0.39, 0.29) is 26.8 Å². The molecule has 144 valence electrons. The Bertz CT molecular complexity index is 670. The maximum Gasteiger partial charge on any atom is 0.302 e. The van der Waals surface area contributed by atoms with Crippen molar-refractivity contribution in [2.75, 3.05) is 0 Å². The zero-order chi connectivity index (χ0) is 18.9. The highest BCUT2D eigenvalue weighted by atomic mass is 127. The Kier molecular flexibility index (Phi) is 4.60. The van der Waals surface area contributed by atoms with Crippen LogP contribution in [0.4, 0.5) is 0 Å². The van der Waals surface area contributed by atoms with Gasteiger partial charge in [-0.25, -0.2) is 0 Å². The van der Waals surface area contributed by atoms with Crippen molar-refractivity contribution in [2.45, 2.75) is 76.2 Å². The number of hydrogen-bond acceptors (Lipinski definition) is 3. The molecule has 4 rings (SSSR count). The first-order valence-electron chi connectivity index (χ1n) is 10.3. The summed E-state index contributed by atoms with van der Waals surface area (Å²) in [6, 6.07) is 0. The van der Waals surface area contributed by atoms with E-state index in [2.05, 4.69) is 43.4 Å². The smallest absolute Gasteiger partial charge is 0.302 e. The van der Waals surface area contributed by atoms with Crippen LogP contribution in [-0.4, -0.2) is 21.8 Å². The predicted molar refractivity (Wildman–Crippen MR) is 110 cm³/mol. The molecule has 0 spiro atoms. The molecule has 3 saturated carbocycles. The first-order chi connectivity index (χ1) is 12.2. The fraction of sp³-hybridized carbons (Fsp3) is 0.818. The van der Waals surface area contributed by atoms with E-state index in [4.69, 9.17) is 4.74 Å². The van der Waals surface area contributed by atoms with Crippen molar-refractivity contribution in [1.29, 1.82) is 0 Å². The number of alkyl halides is 1. The molecule has 8 atom stereocenters. The molecular formula is C22H31IO3. The van der Waals surface area contributed by atoms with Crippen LogP contribution < -0.4 is 0 Å². The summed E-state index contributed by atoms with van der Waals surface area (Å²) in [7, 11) is 0. The van der Waals surface area contributed by atoms with Crippen LogP contribution in [0, 0.1) is 34.5 Å². The normalized spacial score (nSPS) is 50.3. The Morgan fingerprint density at radius 2 is 1.92 bits per heavy atom. The molecule has 0 aliphatic heterocycles. The first-order valence-corrected chi connectivity index (χ1v) is 11.5. The minimum Gasteiger partial charge on any atom is -0.462 e. The number of fused-ring (bicyclic) bond motifs is 5. The molecule has 26 heavy (non-hydrogen) atoms. The third kappa shape index (κ3) is 2.49. The van der Waals surface area contributed by atoms with E-state index in [1.807, 2.05) is 6.08 Å². The van der Waals surface area contributed by atoms with E-state index in [0.29, 0.717) is 29.5 Å². The number of ether oxygens (including phenoxy) is 1. The summed E-state index contributed by atoms with van der Waals surface area (Å²) >= 11 is 2.37. The van der Waals surface area contributed by atoms with Crippen molar-refractivity contribution >= 4 is 34.3 Å². The van der Waals surface area contributed by atoms with Gasteiger partial charge in [0.15, 0.2) is 5.78 Å². The maximum absolute atomic E-state index is 12.4. The SMILES string of the molecule is CC(=O)O[C@@H]1CC[C@H]2[C@@H]3CCC4=CC(=O)C(I)[C@H](C)[C@]4(C)[C@H]3CC[C@]12C. The van der Waals surface area contributed by atoms with Crippen molar-refractivity contribution in [2.24, 2.45) is 34.5 Å². The van der Waals surface area contributed by atoms with Gasteiger partial charge >= 0.3 is 5.97 Å². The molecule has 4 heteroatoms. The predicted octanol–water partition coefficient (Wildman–Crippen LogP) is 5.11. The quantitative estimate of drug-likeness (QED) is 0.304. The summed E-state index contributed by atoms with van der Waals surface area (Å²) in [4.78, 5) is 24.0. The van der Waals surface area contributed by atoms with Crippen LogP contribution in [0.15, 0.2) is 11.6 Å². The standard InChI is InChI=1S/C22H31IO3/c1-12-20(23)18(25)11-14-5-6-15-16-7-8-19(26-13(2)24)21(16,3)10-9-17(15)22(12,14)4/h11-12,15-17,19-20H,5-10H2,1-4H3/t12-,15-,16-,17-,19+,20?,21-,22-/m0/s1. The van der Waals surface area contributed by atoms with E-state index in [1.54, 1.807) is 6.92 Å². The molecule has 0 saturated heterocycles. The van der Waals surface area contributed by atoms with Gasteiger partial charge in [0.05, 0.1) is 3.92 Å². The second-order valence-electron chi connectivity index (χ2n) is 9.68.